The number of nitrogens with zero attached hydrogens (tertiary/aromatic N) is 1. The van der Waals surface area contributed by atoms with Crippen LogP contribution in [0.25, 0.3) is 0 Å². The van der Waals surface area contributed by atoms with Gasteiger partial charge in [0.25, 0.3) is 0 Å². The van der Waals surface area contributed by atoms with Crippen LogP contribution in [-0.4, -0.2) is 43.5 Å². The molecule has 3 nitrogen and oxygen atoms in total. The first kappa shape index (κ1) is 10.4. The van der Waals surface area contributed by atoms with Crippen molar-refractivity contribution in [3.63, 3.8) is 0 Å². The molecule has 0 radical (unpaired) electrons. The molecule has 3 heteroatoms. The van der Waals surface area contributed by atoms with E-state index in [1.165, 1.54) is 6.54 Å². The van der Waals surface area contributed by atoms with Crippen molar-refractivity contribution in [3.8, 4) is 0 Å². The fourth-order valence-corrected chi connectivity index (χ4v) is 2.38. The van der Waals surface area contributed by atoms with E-state index in [1.807, 2.05) is 0 Å². The Bertz CT molecular complexity index is 178. The van der Waals surface area contributed by atoms with Crippen LogP contribution in [0.5, 0.6) is 0 Å². The summed E-state index contributed by atoms with van der Waals surface area (Å²) < 4.78 is 11.4. The van der Waals surface area contributed by atoms with E-state index in [1.54, 1.807) is 0 Å². The molecule has 0 unspecified atom stereocenters. The van der Waals surface area contributed by atoms with Crippen LogP contribution in [0.3, 0.4) is 0 Å². The van der Waals surface area contributed by atoms with E-state index in [-0.39, 0.29) is 5.79 Å². The van der Waals surface area contributed by atoms with Crippen molar-refractivity contribution in [2.45, 2.75) is 32.5 Å². The minimum atomic E-state index is -0.201. The van der Waals surface area contributed by atoms with Crippen LogP contribution in [0.2, 0.25) is 0 Å². The molecule has 14 heavy (non-hydrogen) atoms. The Morgan fingerprint density at radius 3 is 2.21 bits per heavy atom. The lowest BCUT2D eigenvalue weighted by atomic mass is 10.0. The van der Waals surface area contributed by atoms with Crippen LogP contribution in [0, 0.1) is 5.92 Å². The number of hydrogen-bond acceptors (Lipinski definition) is 3. The maximum atomic E-state index is 5.69. The molecule has 0 aromatic carbocycles. The molecule has 2 rings (SSSR count). The van der Waals surface area contributed by atoms with E-state index in [0.29, 0.717) is 0 Å². The van der Waals surface area contributed by atoms with Crippen molar-refractivity contribution in [2.75, 3.05) is 32.8 Å². The molecule has 0 N–H and O–H groups in total. The molecule has 0 aromatic rings. The Morgan fingerprint density at radius 1 is 1.14 bits per heavy atom. The van der Waals surface area contributed by atoms with E-state index in [4.69, 9.17) is 9.47 Å². The quantitative estimate of drug-likeness (QED) is 0.672. The molecule has 0 amide bonds. The Kier molecular flexibility index (Phi) is 3.10. The van der Waals surface area contributed by atoms with E-state index in [9.17, 15) is 0 Å². The topological polar surface area (TPSA) is 21.7 Å². The fraction of sp³-hybridized carbons (Fsp3) is 1.00. The Hall–Kier alpha value is -0.120. The Labute approximate surface area is 86.4 Å². The normalized spacial score (nSPS) is 27.6. The molecule has 0 atom stereocenters. The molecular weight excluding hydrogens is 178 g/mol. The van der Waals surface area contributed by atoms with Crippen LogP contribution < -0.4 is 0 Å². The third-order valence-electron chi connectivity index (χ3n) is 3.05. The fourth-order valence-electron chi connectivity index (χ4n) is 2.38. The summed E-state index contributed by atoms with van der Waals surface area (Å²) in [4.78, 5) is 2.51. The van der Waals surface area contributed by atoms with Crippen molar-refractivity contribution < 1.29 is 9.47 Å². The first-order valence-corrected chi connectivity index (χ1v) is 5.70. The summed E-state index contributed by atoms with van der Waals surface area (Å²) >= 11 is 0. The molecule has 82 valence electrons. The van der Waals surface area contributed by atoms with Crippen molar-refractivity contribution >= 4 is 0 Å². The summed E-state index contributed by atoms with van der Waals surface area (Å²) in [7, 11) is 0. The highest BCUT2D eigenvalue weighted by Gasteiger charge is 2.39. The molecule has 2 aliphatic heterocycles. The van der Waals surface area contributed by atoms with Gasteiger partial charge in [0.1, 0.15) is 0 Å². The van der Waals surface area contributed by atoms with Gasteiger partial charge in [0.05, 0.1) is 13.2 Å². The van der Waals surface area contributed by atoms with E-state index in [0.717, 1.165) is 45.1 Å². The van der Waals surface area contributed by atoms with Gasteiger partial charge in [-0.3, -0.25) is 0 Å². The molecule has 1 spiro atoms. The van der Waals surface area contributed by atoms with Crippen LogP contribution in [0.15, 0.2) is 0 Å². The van der Waals surface area contributed by atoms with Gasteiger partial charge < -0.3 is 14.4 Å². The zero-order chi connectivity index (χ0) is 10.0. The van der Waals surface area contributed by atoms with Gasteiger partial charge in [0.15, 0.2) is 5.79 Å². The van der Waals surface area contributed by atoms with Crippen molar-refractivity contribution in [1.29, 1.82) is 0 Å². The summed E-state index contributed by atoms with van der Waals surface area (Å²) in [6.45, 7) is 9.56. The number of rotatable bonds is 2. The molecule has 2 saturated heterocycles. The van der Waals surface area contributed by atoms with E-state index >= 15 is 0 Å². The standard InChI is InChI=1S/C11H21NO2/c1-10(2)9-12-5-3-11(4-6-12)13-7-8-14-11/h10H,3-9H2,1-2H3. The number of ether oxygens (including phenoxy) is 2. The van der Waals surface area contributed by atoms with E-state index in [2.05, 4.69) is 18.7 Å². The highest BCUT2D eigenvalue weighted by atomic mass is 16.7. The van der Waals surface area contributed by atoms with Crippen LogP contribution in [0.4, 0.5) is 0 Å². The summed E-state index contributed by atoms with van der Waals surface area (Å²) in [6.07, 6.45) is 2.08. The number of piperidine rings is 1. The second kappa shape index (κ2) is 4.17. The summed E-state index contributed by atoms with van der Waals surface area (Å²) in [5.41, 5.74) is 0. The lowest BCUT2D eigenvalue weighted by Gasteiger charge is -2.38. The molecule has 0 saturated carbocycles. The van der Waals surface area contributed by atoms with Gasteiger partial charge in [-0.25, -0.2) is 0 Å². The average Bonchev–Trinajstić information content (AvgIpc) is 2.58. The minimum absolute atomic E-state index is 0.201. The zero-order valence-corrected chi connectivity index (χ0v) is 9.29. The highest BCUT2D eigenvalue weighted by Crippen LogP contribution is 2.31. The maximum absolute atomic E-state index is 5.69. The summed E-state index contributed by atoms with van der Waals surface area (Å²) in [6, 6.07) is 0. The Morgan fingerprint density at radius 2 is 1.71 bits per heavy atom. The number of likely N-dealkylation sites (tertiary alicyclic amines) is 1. The zero-order valence-electron chi connectivity index (χ0n) is 9.29. The third kappa shape index (κ3) is 2.27. The SMILES string of the molecule is CC(C)CN1CCC2(CC1)OCCO2. The molecular formula is C11H21NO2. The molecule has 0 bridgehead atoms. The van der Waals surface area contributed by atoms with Gasteiger partial charge >= 0.3 is 0 Å². The van der Waals surface area contributed by atoms with Crippen LogP contribution >= 0.6 is 0 Å². The third-order valence-corrected chi connectivity index (χ3v) is 3.05. The van der Waals surface area contributed by atoms with E-state index < -0.39 is 0 Å². The first-order chi connectivity index (χ1) is 6.70. The number of hydrogen-bond donors (Lipinski definition) is 0. The van der Waals surface area contributed by atoms with Gasteiger partial charge in [0, 0.05) is 32.5 Å². The predicted molar refractivity (Wildman–Crippen MR) is 55.1 cm³/mol. The lowest BCUT2D eigenvalue weighted by molar-refractivity contribution is -0.185. The van der Waals surface area contributed by atoms with Crippen molar-refractivity contribution in [3.05, 3.63) is 0 Å². The van der Waals surface area contributed by atoms with Crippen LogP contribution in [0.1, 0.15) is 26.7 Å². The minimum Gasteiger partial charge on any atom is -0.347 e. The molecule has 0 aliphatic carbocycles. The van der Waals surface area contributed by atoms with Crippen molar-refractivity contribution in [2.24, 2.45) is 5.92 Å². The second-order valence-corrected chi connectivity index (χ2v) is 4.80. The highest BCUT2D eigenvalue weighted by molar-refractivity contribution is 4.82. The van der Waals surface area contributed by atoms with Gasteiger partial charge in [-0.05, 0) is 5.92 Å². The lowest BCUT2D eigenvalue weighted by Crippen LogP contribution is -2.46. The average molecular weight is 199 g/mol. The van der Waals surface area contributed by atoms with Crippen LogP contribution in [-0.2, 0) is 9.47 Å². The molecule has 0 aromatic heterocycles. The maximum Gasteiger partial charge on any atom is 0.170 e. The molecule has 2 aliphatic rings. The second-order valence-electron chi connectivity index (χ2n) is 4.80. The Balaban J connectivity index is 1.79. The molecule has 2 heterocycles. The van der Waals surface area contributed by atoms with Gasteiger partial charge in [-0.2, -0.15) is 0 Å². The first-order valence-electron chi connectivity index (χ1n) is 5.70. The monoisotopic (exact) mass is 199 g/mol. The van der Waals surface area contributed by atoms with Gasteiger partial charge in [-0.1, -0.05) is 13.8 Å². The van der Waals surface area contributed by atoms with Gasteiger partial charge in [0.2, 0.25) is 0 Å². The van der Waals surface area contributed by atoms with Gasteiger partial charge in [-0.15, -0.1) is 0 Å². The summed E-state index contributed by atoms with van der Waals surface area (Å²) in [5.74, 6) is 0.558. The predicted octanol–water partition coefficient (Wildman–Crippen LogP) is 1.48. The largest absolute Gasteiger partial charge is 0.347 e. The van der Waals surface area contributed by atoms with Crippen molar-refractivity contribution in [1.82, 2.24) is 4.90 Å². The molecule has 2 fully saturated rings. The summed E-state index contributed by atoms with van der Waals surface area (Å²) in [5, 5.41) is 0. The smallest absolute Gasteiger partial charge is 0.170 e.